The van der Waals surface area contributed by atoms with Crippen LogP contribution in [0.25, 0.3) is 0 Å². The summed E-state index contributed by atoms with van der Waals surface area (Å²) in [6.07, 6.45) is 0. The van der Waals surface area contributed by atoms with Gasteiger partial charge in [-0.2, -0.15) is 23.5 Å². The Bertz CT molecular complexity index is 130. The van der Waals surface area contributed by atoms with Crippen LogP contribution >= 0.6 is 23.5 Å². The first kappa shape index (κ1) is 14.8. The quantitative estimate of drug-likeness (QED) is 0.548. The Morgan fingerprint density at radius 2 is 1.29 bits per heavy atom. The lowest BCUT2D eigenvalue weighted by Crippen LogP contribution is -2.08. The predicted molar refractivity (Wildman–Crippen MR) is 66.7 cm³/mol. The van der Waals surface area contributed by atoms with E-state index >= 15 is 0 Å². The predicted octanol–water partition coefficient (Wildman–Crippen LogP) is 0.186. The molecule has 0 radical (unpaired) electrons. The van der Waals surface area contributed by atoms with E-state index in [0.717, 1.165) is 23.0 Å². The lowest BCUT2D eigenvalue weighted by atomic mass is 10.9. The second-order valence-corrected chi connectivity index (χ2v) is 6.67. The van der Waals surface area contributed by atoms with Gasteiger partial charge >= 0.3 is 0 Å². The van der Waals surface area contributed by atoms with Crippen molar-refractivity contribution in [3.63, 3.8) is 0 Å². The average molecular weight is 258 g/mol. The highest BCUT2D eigenvalue weighted by Gasteiger charge is 1.99. The molecule has 3 nitrogen and oxygen atoms in total. The molecule has 0 unspecified atom stereocenters. The fourth-order valence-corrected chi connectivity index (χ4v) is 4.04. The van der Waals surface area contributed by atoms with Crippen LogP contribution < -0.4 is 0 Å². The molecule has 0 atom stereocenters. The molecule has 0 heterocycles. The van der Waals surface area contributed by atoms with Crippen molar-refractivity contribution in [2.24, 2.45) is 0 Å². The standard InChI is InChI=1S/C8H18O3S3/c9-1-3-12-5-7-14(11)8-6-13-4-2-10/h9-10H,1-8H2. The maximum absolute atomic E-state index is 11.3. The molecule has 6 heteroatoms. The SMILES string of the molecule is O=S(CCSCCO)CCSCCO. The van der Waals surface area contributed by atoms with Gasteiger partial charge in [0.25, 0.3) is 0 Å². The Hall–Kier alpha value is 0.770. The van der Waals surface area contributed by atoms with Crippen LogP contribution in [0.15, 0.2) is 0 Å². The molecule has 0 aliphatic carbocycles. The number of aliphatic hydroxyl groups is 2. The summed E-state index contributed by atoms with van der Waals surface area (Å²) in [6, 6.07) is 0. The fraction of sp³-hybridized carbons (Fsp3) is 1.00. The maximum atomic E-state index is 11.3. The Kier molecular flexibility index (Phi) is 12.5. The summed E-state index contributed by atoms with van der Waals surface area (Å²) in [5, 5.41) is 17.0. The minimum Gasteiger partial charge on any atom is -0.396 e. The molecular formula is C8H18O3S3. The highest BCUT2D eigenvalue weighted by Crippen LogP contribution is 2.02. The lowest BCUT2D eigenvalue weighted by molar-refractivity contribution is 0.322. The van der Waals surface area contributed by atoms with Crippen LogP contribution in [0, 0.1) is 0 Å². The van der Waals surface area contributed by atoms with E-state index in [-0.39, 0.29) is 13.2 Å². The van der Waals surface area contributed by atoms with Gasteiger partial charge in [-0.15, -0.1) is 0 Å². The minimum atomic E-state index is -0.732. The maximum Gasteiger partial charge on any atom is 0.0521 e. The Labute approximate surface area is 96.5 Å². The molecule has 0 aliphatic rings. The van der Waals surface area contributed by atoms with E-state index in [1.54, 1.807) is 23.5 Å². The van der Waals surface area contributed by atoms with Gasteiger partial charge in [-0.3, -0.25) is 4.21 Å². The Morgan fingerprint density at radius 3 is 1.64 bits per heavy atom. The van der Waals surface area contributed by atoms with Crippen LogP contribution in [0.4, 0.5) is 0 Å². The van der Waals surface area contributed by atoms with Crippen molar-refractivity contribution in [2.45, 2.75) is 0 Å². The van der Waals surface area contributed by atoms with E-state index in [9.17, 15) is 4.21 Å². The molecule has 0 aromatic heterocycles. The Balaban J connectivity index is 3.11. The molecule has 0 aliphatic heterocycles. The fourth-order valence-electron chi connectivity index (χ4n) is 0.739. The van der Waals surface area contributed by atoms with Crippen LogP contribution in [0.1, 0.15) is 0 Å². The molecule has 0 saturated carbocycles. The van der Waals surface area contributed by atoms with Crippen LogP contribution in [0.3, 0.4) is 0 Å². The van der Waals surface area contributed by atoms with Gasteiger partial charge in [-0.1, -0.05) is 0 Å². The first-order chi connectivity index (χ1) is 6.81. The van der Waals surface area contributed by atoms with Gasteiger partial charge in [0, 0.05) is 45.3 Å². The molecule has 86 valence electrons. The summed E-state index contributed by atoms with van der Waals surface area (Å²) >= 11 is 3.27. The second-order valence-electron chi connectivity index (χ2n) is 2.52. The lowest BCUT2D eigenvalue weighted by Gasteiger charge is -2.01. The van der Waals surface area contributed by atoms with Gasteiger partial charge in [0.2, 0.25) is 0 Å². The molecule has 14 heavy (non-hydrogen) atoms. The monoisotopic (exact) mass is 258 g/mol. The van der Waals surface area contributed by atoms with Crippen molar-refractivity contribution < 1.29 is 14.4 Å². The zero-order chi connectivity index (χ0) is 10.6. The first-order valence-corrected chi connectivity index (χ1v) is 8.33. The average Bonchev–Trinajstić information content (AvgIpc) is 2.19. The summed E-state index contributed by atoms with van der Waals surface area (Å²) in [5.41, 5.74) is 0. The van der Waals surface area contributed by atoms with Crippen molar-refractivity contribution in [1.82, 2.24) is 0 Å². The van der Waals surface area contributed by atoms with E-state index in [4.69, 9.17) is 10.2 Å². The molecular weight excluding hydrogens is 240 g/mol. The number of rotatable bonds is 10. The second kappa shape index (κ2) is 11.8. The van der Waals surface area contributed by atoms with E-state index in [1.807, 2.05) is 0 Å². The highest BCUT2D eigenvalue weighted by molar-refractivity contribution is 8.01. The first-order valence-electron chi connectivity index (χ1n) is 4.53. The third-order valence-electron chi connectivity index (χ3n) is 1.38. The summed E-state index contributed by atoms with van der Waals surface area (Å²) in [4.78, 5) is 0. The smallest absolute Gasteiger partial charge is 0.0521 e. The molecule has 0 aromatic rings. The van der Waals surface area contributed by atoms with Crippen molar-refractivity contribution in [3.05, 3.63) is 0 Å². The van der Waals surface area contributed by atoms with E-state index in [2.05, 4.69) is 0 Å². The molecule has 0 amide bonds. The molecule has 0 saturated heterocycles. The van der Waals surface area contributed by atoms with Crippen molar-refractivity contribution in [2.75, 3.05) is 47.7 Å². The normalized spacial score (nSPS) is 11.1. The van der Waals surface area contributed by atoms with Gasteiger partial charge < -0.3 is 10.2 Å². The molecule has 0 rings (SSSR count). The third-order valence-corrected chi connectivity index (χ3v) is 5.15. The molecule has 0 fully saturated rings. The van der Waals surface area contributed by atoms with Crippen molar-refractivity contribution >= 4 is 34.3 Å². The van der Waals surface area contributed by atoms with Crippen molar-refractivity contribution in [1.29, 1.82) is 0 Å². The highest BCUT2D eigenvalue weighted by atomic mass is 32.2. The zero-order valence-corrected chi connectivity index (χ0v) is 10.6. The van der Waals surface area contributed by atoms with Gasteiger partial charge in [0.15, 0.2) is 0 Å². The number of thioether (sulfide) groups is 2. The Morgan fingerprint density at radius 1 is 0.857 bits per heavy atom. The van der Waals surface area contributed by atoms with Gasteiger partial charge in [-0.25, -0.2) is 0 Å². The largest absolute Gasteiger partial charge is 0.396 e. The van der Waals surface area contributed by atoms with Crippen LogP contribution in [-0.4, -0.2) is 62.2 Å². The summed E-state index contributed by atoms with van der Waals surface area (Å²) < 4.78 is 11.3. The summed E-state index contributed by atoms with van der Waals surface area (Å²) in [7, 11) is -0.732. The van der Waals surface area contributed by atoms with Crippen LogP contribution in [-0.2, 0) is 10.8 Å². The van der Waals surface area contributed by atoms with Gasteiger partial charge in [0.1, 0.15) is 0 Å². The van der Waals surface area contributed by atoms with Gasteiger partial charge in [-0.05, 0) is 0 Å². The van der Waals surface area contributed by atoms with E-state index in [1.165, 1.54) is 0 Å². The molecule has 2 N–H and O–H groups in total. The molecule has 0 spiro atoms. The molecule has 0 bridgehead atoms. The number of hydrogen-bond acceptors (Lipinski definition) is 5. The number of hydrogen-bond donors (Lipinski definition) is 2. The van der Waals surface area contributed by atoms with E-state index < -0.39 is 10.8 Å². The number of aliphatic hydroxyl groups excluding tert-OH is 2. The molecule has 0 aromatic carbocycles. The van der Waals surface area contributed by atoms with Crippen LogP contribution in [0.2, 0.25) is 0 Å². The summed E-state index contributed by atoms with van der Waals surface area (Å²) in [5.74, 6) is 4.61. The zero-order valence-electron chi connectivity index (χ0n) is 8.18. The van der Waals surface area contributed by atoms with Gasteiger partial charge in [0.05, 0.1) is 13.2 Å². The summed E-state index contributed by atoms with van der Waals surface area (Å²) in [6.45, 7) is 0.396. The van der Waals surface area contributed by atoms with Crippen LogP contribution in [0.5, 0.6) is 0 Å². The minimum absolute atomic E-state index is 0.198. The van der Waals surface area contributed by atoms with E-state index in [0.29, 0.717) is 11.5 Å². The third kappa shape index (κ3) is 10.8. The topological polar surface area (TPSA) is 57.5 Å². The van der Waals surface area contributed by atoms with Crippen molar-refractivity contribution in [3.8, 4) is 0 Å².